The molecular formula is C11H16N2O2S. The predicted molar refractivity (Wildman–Crippen MR) is 67.9 cm³/mol. The summed E-state index contributed by atoms with van der Waals surface area (Å²) in [5, 5.41) is 0. The minimum atomic E-state index is -0.502. The molecule has 0 saturated heterocycles. The Hall–Kier alpha value is -1.36. The van der Waals surface area contributed by atoms with Gasteiger partial charge in [-0.05, 0) is 17.9 Å². The molecule has 1 rings (SSSR count). The van der Waals surface area contributed by atoms with Crippen LogP contribution >= 0.6 is 11.8 Å². The fourth-order valence-corrected chi connectivity index (χ4v) is 1.71. The summed E-state index contributed by atoms with van der Waals surface area (Å²) in [6, 6.07) is 4.84. The van der Waals surface area contributed by atoms with E-state index in [9.17, 15) is 4.79 Å². The topological polar surface area (TPSA) is 78.3 Å². The standard InChI is InChI=1S/C11H16N2O2S/c1-2-16-6-5-15-10-7-8(12)3-4-9(10)11(13)14/h3-4,7H,2,5-6,12H2,1H3,(H2,13,14). The van der Waals surface area contributed by atoms with Gasteiger partial charge in [0.15, 0.2) is 0 Å². The van der Waals surface area contributed by atoms with Crippen molar-refractivity contribution in [3.8, 4) is 5.75 Å². The fourth-order valence-electron chi connectivity index (χ4n) is 1.22. The smallest absolute Gasteiger partial charge is 0.252 e. The van der Waals surface area contributed by atoms with Crippen molar-refractivity contribution in [3.63, 3.8) is 0 Å². The van der Waals surface area contributed by atoms with Gasteiger partial charge >= 0.3 is 0 Å². The Morgan fingerprint density at radius 2 is 2.25 bits per heavy atom. The van der Waals surface area contributed by atoms with Crippen LogP contribution in [-0.2, 0) is 0 Å². The van der Waals surface area contributed by atoms with E-state index in [1.165, 1.54) is 0 Å². The summed E-state index contributed by atoms with van der Waals surface area (Å²) in [5.41, 5.74) is 11.8. The molecule has 0 heterocycles. The van der Waals surface area contributed by atoms with Crippen LogP contribution in [0.5, 0.6) is 5.75 Å². The average molecular weight is 240 g/mol. The Labute approximate surface area is 99.3 Å². The molecule has 4 nitrogen and oxygen atoms in total. The lowest BCUT2D eigenvalue weighted by Crippen LogP contribution is -2.14. The molecule has 0 saturated carbocycles. The highest BCUT2D eigenvalue weighted by atomic mass is 32.2. The number of hydrogen-bond donors (Lipinski definition) is 2. The second-order valence-electron chi connectivity index (χ2n) is 3.17. The summed E-state index contributed by atoms with van der Waals surface area (Å²) in [7, 11) is 0. The third-order valence-electron chi connectivity index (χ3n) is 1.96. The van der Waals surface area contributed by atoms with Gasteiger partial charge in [-0.1, -0.05) is 6.92 Å². The van der Waals surface area contributed by atoms with Gasteiger partial charge in [0.25, 0.3) is 5.91 Å². The molecule has 0 fully saturated rings. The lowest BCUT2D eigenvalue weighted by Gasteiger charge is -2.09. The number of ether oxygens (including phenoxy) is 1. The minimum absolute atomic E-state index is 0.371. The van der Waals surface area contributed by atoms with E-state index in [0.29, 0.717) is 23.6 Å². The number of hydrogen-bond acceptors (Lipinski definition) is 4. The molecule has 0 atom stereocenters. The van der Waals surface area contributed by atoms with Gasteiger partial charge in [-0.25, -0.2) is 0 Å². The largest absolute Gasteiger partial charge is 0.492 e. The Morgan fingerprint density at radius 3 is 2.88 bits per heavy atom. The van der Waals surface area contributed by atoms with Crippen LogP contribution in [0.1, 0.15) is 17.3 Å². The van der Waals surface area contributed by atoms with E-state index in [1.54, 1.807) is 30.0 Å². The number of anilines is 1. The number of amides is 1. The van der Waals surface area contributed by atoms with Crippen molar-refractivity contribution in [1.82, 2.24) is 0 Å². The van der Waals surface area contributed by atoms with Crippen molar-refractivity contribution in [3.05, 3.63) is 23.8 Å². The Bertz CT molecular complexity index is 369. The SMILES string of the molecule is CCSCCOc1cc(N)ccc1C(N)=O. The summed E-state index contributed by atoms with van der Waals surface area (Å²) in [5.74, 6) is 1.88. The third-order valence-corrected chi connectivity index (χ3v) is 2.82. The monoisotopic (exact) mass is 240 g/mol. The first-order chi connectivity index (χ1) is 7.65. The molecule has 16 heavy (non-hydrogen) atoms. The van der Waals surface area contributed by atoms with Crippen LogP contribution in [0.25, 0.3) is 0 Å². The quantitative estimate of drug-likeness (QED) is 0.583. The zero-order valence-electron chi connectivity index (χ0n) is 9.23. The van der Waals surface area contributed by atoms with Crippen LogP contribution in [0.15, 0.2) is 18.2 Å². The van der Waals surface area contributed by atoms with Crippen LogP contribution < -0.4 is 16.2 Å². The molecule has 1 amide bonds. The van der Waals surface area contributed by atoms with Gasteiger partial charge in [0.05, 0.1) is 12.2 Å². The molecule has 1 aromatic carbocycles. The molecule has 4 N–H and O–H groups in total. The van der Waals surface area contributed by atoms with Crippen LogP contribution in [-0.4, -0.2) is 24.0 Å². The van der Waals surface area contributed by atoms with Gasteiger partial charge in [-0.2, -0.15) is 11.8 Å². The van der Waals surface area contributed by atoms with E-state index < -0.39 is 5.91 Å². The Morgan fingerprint density at radius 1 is 1.50 bits per heavy atom. The molecule has 88 valence electrons. The zero-order chi connectivity index (χ0) is 12.0. The molecule has 0 unspecified atom stereocenters. The molecule has 0 radical (unpaired) electrons. The van der Waals surface area contributed by atoms with Crippen molar-refractivity contribution >= 4 is 23.4 Å². The average Bonchev–Trinajstić information content (AvgIpc) is 2.24. The normalized spacial score (nSPS) is 10.1. The Kier molecular flexibility index (Phi) is 4.98. The number of nitrogen functional groups attached to an aromatic ring is 1. The van der Waals surface area contributed by atoms with Gasteiger partial charge in [0.2, 0.25) is 0 Å². The van der Waals surface area contributed by atoms with Crippen LogP contribution in [0.3, 0.4) is 0 Å². The molecular weight excluding hydrogens is 224 g/mol. The van der Waals surface area contributed by atoms with Crippen LogP contribution in [0.4, 0.5) is 5.69 Å². The summed E-state index contributed by atoms with van der Waals surface area (Å²) in [6.07, 6.45) is 0. The van der Waals surface area contributed by atoms with Crippen molar-refractivity contribution in [2.45, 2.75) is 6.92 Å². The highest BCUT2D eigenvalue weighted by Crippen LogP contribution is 2.21. The van der Waals surface area contributed by atoms with Gasteiger partial charge in [-0.15, -0.1) is 0 Å². The first-order valence-corrected chi connectivity index (χ1v) is 6.20. The maximum Gasteiger partial charge on any atom is 0.252 e. The molecule has 0 aliphatic heterocycles. The van der Waals surface area contributed by atoms with Crippen LogP contribution in [0.2, 0.25) is 0 Å². The number of carbonyl (C=O) groups excluding carboxylic acids is 1. The highest BCUT2D eigenvalue weighted by Gasteiger charge is 2.09. The lowest BCUT2D eigenvalue weighted by molar-refractivity contribution is 0.0996. The fraction of sp³-hybridized carbons (Fsp3) is 0.364. The number of carbonyl (C=O) groups is 1. The number of thioether (sulfide) groups is 1. The second kappa shape index (κ2) is 6.27. The van der Waals surface area contributed by atoms with Gasteiger partial charge in [-0.3, -0.25) is 4.79 Å². The molecule has 0 bridgehead atoms. The first kappa shape index (κ1) is 12.7. The van der Waals surface area contributed by atoms with Crippen LogP contribution in [0, 0.1) is 0 Å². The van der Waals surface area contributed by atoms with Crippen molar-refractivity contribution in [2.75, 3.05) is 23.8 Å². The number of nitrogens with two attached hydrogens (primary N) is 2. The number of benzene rings is 1. The van der Waals surface area contributed by atoms with Gasteiger partial charge in [0, 0.05) is 17.5 Å². The zero-order valence-corrected chi connectivity index (χ0v) is 10.0. The van der Waals surface area contributed by atoms with E-state index >= 15 is 0 Å². The van der Waals surface area contributed by atoms with Gasteiger partial charge < -0.3 is 16.2 Å². The summed E-state index contributed by atoms with van der Waals surface area (Å²) >= 11 is 1.77. The van der Waals surface area contributed by atoms with Crippen molar-refractivity contribution in [1.29, 1.82) is 0 Å². The van der Waals surface area contributed by atoms with Crippen molar-refractivity contribution < 1.29 is 9.53 Å². The number of rotatable bonds is 6. The minimum Gasteiger partial charge on any atom is -0.492 e. The molecule has 0 spiro atoms. The lowest BCUT2D eigenvalue weighted by atomic mass is 10.2. The van der Waals surface area contributed by atoms with E-state index in [4.69, 9.17) is 16.2 Å². The highest BCUT2D eigenvalue weighted by molar-refractivity contribution is 7.99. The van der Waals surface area contributed by atoms with E-state index in [2.05, 4.69) is 6.92 Å². The Balaban J connectivity index is 2.68. The molecule has 0 aliphatic rings. The molecule has 5 heteroatoms. The third kappa shape index (κ3) is 3.66. The summed E-state index contributed by atoms with van der Waals surface area (Å²) in [6.45, 7) is 2.63. The summed E-state index contributed by atoms with van der Waals surface area (Å²) in [4.78, 5) is 11.1. The van der Waals surface area contributed by atoms with E-state index in [0.717, 1.165) is 11.5 Å². The van der Waals surface area contributed by atoms with E-state index in [-0.39, 0.29) is 0 Å². The van der Waals surface area contributed by atoms with E-state index in [1.807, 2.05) is 0 Å². The molecule has 1 aromatic rings. The van der Waals surface area contributed by atoms with Crippen molar-refractivity contribution in [2.24, 2.45) is 5.73 Å². The maximum atomic E-state index is 11.1. The second-order valence-corrected chi connectivity index (χ2v) is 4.56. The van der Waals surface area contributed by atoms with Gasteiger partial charge in [0.1, 0.15) is 5.75 Å². The number of primary amides is 1. The predicted octanol–water partition coefficient (Wildman–Crippen LogP) is 1.50. The molecule has 0 aliphatic carbocycles. The maximum absolute atomic E-state index is 11.1. The summed E-state index contributed by atoms with van der Waals surface area (Å²) < 4.78 is 5.48. The molecule has 0 aromatic heterocycles. The first-order valence-electron chi connectivity index (χ1n) is 5.05.